The van der Waals surface area contributed by atoms with Crippen LogP contribution in [0.3, 0.4) is 0 Å². The summed E-state index contributed by atoms with van der Waals surface area (Å²) in [5, 5.41) is 3.70. The smallest absolute Gasteiger partial charge is 0.161 e. The molecule has 3 aliphatic heterocycles. The number of nitrogens with one attached hydrogen (secondary N) is 1. The number of ether oxygens (including phenoxy) is 2. The second-order valence-electron chi connectivity index (χ2n) is 6.46. The van der Waals surface area contributed by atoms with E-state index in [4.69, 9.17) is 9.47 Å². The maximum Gasteiger partial charge on any atom is 0.161 e. The highest BCUT2D eigenvalue weighted by Gasteiger charge is 2.32. The van der Waals surface area contributed by atoms with E-state index < -0.39 is 0 Å². The normalized spacial score (nSPS) is 31.9. The summed E-state index contributed by atoms with van der Waals surface area (Å²) in [6.07, 6.45) is 5.45. The molecule has 3 atom stereocenters. The Morgan fingerprint density at radius 1 is 1.14 bits per heavy atom. The summed E-state index contributed by atoms with van der Waals surface area (Å²) in [6.45, 7) is 4.10. The van der Waals surface area contributed by atoms with Gasteiger partial charge in [-0.1, -0.05) is 12.1 Å². The number of nitrogens with zero attached hydrogens (tertiary/aromatic N) is 1. The lowest BCUT2D eigenvalue weighted by molar-refractivity contribution is 0.0825. The van der Waals surface area contributed by atoms with Crippen LogP contribution >= 0.6 is 0 Å². The van der Waals surface area contributed by atoms with Gasteiger partial charge in [0.05, 0.1) is 0 Å². The molecular weight excluding hydrogens is 264 g/mol. The third kappa shape index (κ3) is 2.87. The SMILES string of the molecule is c1ccc2c(c1)OCC(CNC1CCN3CCCC3C1)O2. The van der Waals surface area contributed by atoms with Gasteiger partial charge < -0.3 is 19.7 Å². The molecule has 2 fully saturated rings. The van der Waals surface area contributed by atoms with Gasteiger partial charge in [0.25, 0.3) is 0 Å². The van der Waals surface area contributed by atoms with Gasteiger partial charge in [-0.05, 0) is 50.9 Å². The van der Waals surface area contributed by atoms with E-state index in [-0.39, 0.29) is 6.10 Å². The number of hydrogen-bond acceptors (Lipinski definition) is 4. The topological polar surface area (TPSA) is 33.7 Å². The Bertz CT molecular complexity index is 493. The van der Waals surface area contributed by atoms with E-state index in [1.165, 1.54) is 38.8 Å². The van der Waals surface area contributed by atoms with Crippen molar-refractivity contribution in [2.75, 3.05) is 26.2 Å². The van der Waals surface area contributed by atoms with Crippen LogP contribution in [0.2, 0.25) is 0 Å². The van der Waals surface area contributed by atoms with Gasteiger partial charge in [-0.3, -0.25) is 0 Å². The largest absolute Gasteiger partial charge is 0.486 e. The fourth-order valence-corrected chi connectivity index (χ4v) is 3.87. The molecule has 0 aromatic heterocycles. The van der Waals surface area contributed by atoms with Crippen LogP contribution in [-0.4, -0.2) is 49.3 Å². The third-order valence-electron chi connectivity index (χ3n) is 5.02. The third-order valence-corrected chi connectivity index (χ3v) is 5.02. The van der Waals surface area contributed by atoms with Gasteiger partial charge in [0.15, 0.2) is 11.5 Å². The maximum absolute atomic E-state index is 6.01. The van der Waals surface area contributed by atoms with Crippen LogP contribution in [0.15, 0.2) is 24.3 Å². The molecule has 0 amide bonds. The second-order valence-corrected chi connectivity index (χ2v) is 6.46. The summed E-state index contributed by atoms with van der Waals surface area (Å²) < 4.78 is 11.8. The minimum absolute atomic E-state index is 0.126. The minimum atomic E-state index is 0.126. The zero-order valence-electron chi connectivity index (χ0n) is 12.5. The molecular formula is C17H24N2O2. The van der Waals surface area contributed by atoms with Crippen LogP contribution < -0.4 is 14.8 Å². The van der Waals surface area contributed by atoms with Crippen LogP contribution in [0.4, 0.5) is 0 Å². The van der Waals surface area contributed by atoms with E-state index in [2.05, 4.69) is 10.2 Å². The summed E-state index contributed by atoms with van der Waals surface area (Å²) in [5.41, 5.74) is 0. The molecule has 3 aliphatic rings. The molecule has 4 nitrogen and oxygen atoms in total. The second kappa shape index (κ2) is 5.85. The quantitative estimate of drug-likeness (QED) is 0.923. The monoisotopic (exact) mass is 288 g/mol. The standard InChI is InChI=1S/C17H24N2O2/c1-2-6-17-16(5-1)20-12-15(21-17)11-18-13-7-9-19-8-3-4-14(19)10-13/h1-2,5-6,13-15,18H,3-4,7-12H2. The van der Waals surface area contributed by atoms with Crippen molar-refractivity contribution in [1.29, 1.82) is 0 Å². The molecule has 0 spiro atoms. The summed E-state index contributed by atoms with van der Waals surface area (Å²) in [6, 6.07) is 9.39. The zero-order valence-corrected chi connectivity index (χ0v) is 12.5. The summed E-state index contributed by atoms with van der Waals surface area (Å²) in [7, 11) is 0. The van der Waals surface area contributed by atoms with Crippen molar-refractivity contribution < 1.29 is 9.47 Å². The van der Waals surface area contributed by atoms with Crippen molar-refractivity contribution in [3.05, 3.63) is 24.3 Å². The predicted molar refractivity (Wildman–Crippen MR) is 82.0 cm³/mol. The average Bonchev–Trinajstić information content (AvgIpc) is 3.00. The van der Waals surface area contributed by atoms with Crippen LogP contribution in [0.5, 0.6) is 11.5 Å². The first-order valence-electron chi connectivity index (χ1n) is 8.24. The highest BCUT2D eigenvalue weighted by molar-refractivity contribution is 5.40. The van der Waals surface area contributed by atoms with Gasteiger partial charge in [-0.25, -0.2) is 0 Å². The molecule has 0 radical (unpaired) electrons. The first-order chi connectivity index (χ1) is 10.4. The lowest BCUT2D eigenvalue weighted by Gasteiger charge is -2.36. The Balaban J connectivity index is 1.28. The first-order valence-corrected chi connectivity index (χ1v) is 8.24. The van der Waals surface area contributed by atoms with Crippen molar-refractivity contribution in [2.45, 2.75) is 43.9 Å². The molecule has 4 rings (SSSR count). The van der Waals surface area contributed by atoms with Gasteiger partial charge in [-0.2, -0.15) is 0 Å². The summed E-state index contributed by atoms with van der Waals surface area (Å²) >= 11 is 0. The van der Waals surface area contributed by atoms with E-state index in [0.717, 1.165) is 24.1 Å². The fraction of sp³-hybridized carbons (Fsp3) is 0.647. The number of hydrogen-bond donors (Lipinski definition) is 1. The van der Waals surface area contributed by atoms with Crippen LogP contribution in [-0.2, 0) is 0 Å². The van der Waals surface area contributed by atoms with Crippen molar-refractivity contribution in [3.63, 3.8) is 0 Å². The van der Waals surface area contributed by atoms with E-state index in [0.29, 0.717) is 12.6 Å². The molecule has 2 saturated heterocycles. The van der Waals surface area contributed by atoms with Gasteiger partial charge in [0.1, 0.15) is 12.7 Å². The Labute approximate surface area is 126 Å². The molecule has 114 valence electrons. The zero-order chi connectivity index (χ0) is 14.1. The number of fused-ring (bicyclic) bond motifs is 2. The van der Waals surface area contributed by atoms with Gasteiger partial charge in [0, 0.05) is 18.6 Å². The molecule has 21 heavy (non-hydrogen) atoms. The first kappa shape index (κ1) is 13.4. The van der Waals surface area contributed by atoms with Crippen molar-refractivity contribution in [1.82, 2.24) is 10.2 Å². The highest BCUT2D eigenvalue weighted by atomic mass is 16.6. The highest BCUT2D eigenvalue weighted by Crippen LogP contribution is 2.31. The Morgan fingerprint density at radius 3 is 3.00 bits per heavy atom. The number of benzene rings is 1. The number of rotatable bonds is 3. The van der Waals surface area contributed by atoms with Gasteiger partial charge in [-0.15, -0.1) is 0 Å². The molecule has 1 aromatic carbocycles. The predicted octanol–water partition coefficient (Wildman–Crippen LogP) is 2.04. The number of piperidine rings is 1. The minimum Gasteiger partial charge on any atom is -0.486 e. The van der Waals surface area contributed by atoms with Gasteiger partial charge >= 0.3 is 0 Å². The van der Waals surface area contributed by atoms with Gasteiger partial charge in [0.2, 0.25) is 0 Å². The maximum atomic E-state index is 6.01. The summed E-state index contributed by atoms with van der Waals surface area (Å²) in [5.74, 6) is 1.74. The lowest BCUT2D eigenvalue weighted by atomic mass is 9.97. The fourth-order valence-electron chi connectivity index (χ4n) is 3.87. The molecule has 0 saturated carbocycles. The molecule has 3 unspecified atom stereocenters. The van der Waals surface area contributed by atoms with E-state index in [1.807, 2.05) is 24.3 Å². The number of para-hydroxylation sites is 2. The molecule has 1 aromatic rings. The lowest BCUT2D eigenvalue weighted by Crippen LogP contribution is -2.49. The van der Waals surface area contributed by atoms with Crippen molar-refractivity contribution in [3.8, 4) is 11.5 Å². The molecule has 0 aliphatic carbocycles. The van der Waals surface area contributed by atoms with Crippen molar-refractivity contribution >= 4 is 0 Å². The van der Waals surface area contributed by atoms with Crippen molar-refractivity contribution in [2.24, 2.45) is 0 Å². The molecule has 0 bridgehead atoms. The Morgan fingerprint density at radius 2 is 2.05 bits per heavy atom. The Kier molecular flexibility index (Phi) is 3.74. The van der Waals surface area contributed by atoms with Crippen LogP contribution in [0.1, 0.15) is 25.7 Å². The molecule has 1 N–H and O–H groups in total. The van der Waals surface area contributed by atoms with Crippen LogP contribution in [0, 0.1) is 0 Å². The van der Waals surface area contributed by atoms with Crippen LogP contribution in [0.25, 0.3) is 0 Å². The van der Waals surface area contributed by atoms with E-state index in [9.17, 15) is 0 Å². The average molecular weight is 288 g/mol. The van der Waals surface area contributed by atoms with E-state index in [1.54, 1.807) is 0 Å². The van der Waals surface area contributed by atoms with E-state index >= 15 is 0 Å². The molecule has 4 heteroatoms. The Hall–Kier alpha value is -1.26. The molecule has 3 heterocycles. The summed E-state index contributed by atoms with van der Waals surface area (Å²) in [4.78, 5) is 2.66.